The highest BCUT2D eigenvalue weighted by Crippen LogP contribution is 2.15. The van der Waals surface area contributed by atoms with Gasteiger partial charge in [-0.1, -0.05) is 0 Å². The van der Waals surface area contributed by atoms with Crippen LogP contribution in [0, 0.1) is 0 Å². The molecule has 1 heterocycles. The maximum Gasteiger partial charge on any atom is 0.244 e. The summed E-state index contributed by atoms with van der Waals surface area (Å²) in [5, 5.41) is 9.25. The fourth-order valence-electron chi connectivity index (χ4n) is 1.59. The van der Waals surface area contributed by atoms with Gasteiger partial charge in [0.2, 0.25) is 11.8 Å². The number of hydrogen-bond acceptors (Lipinski definition) is 3. The molecule has 5 heteroatoms. The van der Waals surface area contributed by atoms with E-state index in [0.717, 1.165) is 0 Å². The second-order valence-electron chi connectivity index (χ2n) is 3.81. The zero-order valence-corrected chi connectivity index (χ0v) is 8.73. The second-order valence-corrected chi connectivity index (χ2v) is 3.81. The topological polar surface area (TPSA) is 60.9 Å². The minimum Gasteiger partial charge on any atom is -0.391 e. The molecule has 0 radical (unpaired) electrons. The normalized spacial score (nSPS) is 23.9. The lowest BCUT2D eigenvalue weighted by molar-refractivity contribution is -0.141. The standard InChI is InChI=1S/C9H16N2O3/c1-6(9(14)10(2)3)11-5-7(12)4-8(11)13/h6-7,12H,4-5H2,1-3H3. The van der Waals surface area contributed by atoms with E-state index in [9.17, 15) is 14.7 Å². The Balaban J connectivity index is 2.65. The van der Waals surface area contributed by atoms with Crippen LogP contribution in [0.5, 0.6) is 0 Å². The molecule has 14 heavy (non-hydrogen) atoms. The first-order valence-corrected chi connectivity index (χ1v) is 4.62. The number of likely N-dealkylation sites (N-methyl/N-ethyl adjacent to an activating group) is 1. The predicted molar refractivity (Wildman–Crippen MR) is 50.5 cm³/mol. The Labute approximate surface area is 83.3 Å². The van der Waals surface area contributed by atoms with Gasteiger partial charge in [-0.2, -0.15) is 0 Å². The first kappa shape index (κ1) is 11.0. The van der Waals surface area contributed by atoms with Crippen molar-refractivity contribution in [3.63, 3.8) is 0 Å². The first-order valence-electron chi connectivity index (χ1n) is 4.62. The van der Waals surface area contributed by atoms with Crippen molar-refractivity contribution in [2.24, 2.45) is 0 Å². The molecule has 0 saturated carbocycles. The summed E-state index contributed by atoms with van der Waals surface area (Å²) in [6.45, 7) is 1.94. The van der Waals surface area contributed by atoms with Gasteiger partial charge in [0, 0.05) is 20.6 Å². The van der Waals surface area contributed by atoms with E-state index in [0.29, 0.717) is 0 Å². The highest BCUT2D eigenvalue weighted by atomic mass is 16.3. The summed E-state index contributed by atoms with van der Waals surface area (Å²) < 4.78 is 0. The molecule has 1 rings (SSSR count). The van der Waals surface area contributed by atoms with Crippen LogP contribution in [0.3, 0.4) is 0 Å². The van der Waals surface area contributed by atoms with Crippen molar-refractivity contribution in [3.05, 3.63) is 0 Å². The van der Waals surface area contributed by atoms with Crippen LogP contribution in [0.15, 0.2) is 0 Å². The molecule has 2 atom stereocenters. The Hall–Kier alpha value is -1.10. The van der Waals surface area contributed by atoms with Crippen LogP contribution in [-0.4, -0.2) is 59.5 Å². The maximum atomic E-state index is 11.5. The number of aliphatic hydroxyl groups is 1. The Morgan fingerprint density at radius 2 is 2.21 bits per heavy atom. The average Bonchev–Trinajstić information content (AvgIpc) is 2.42. The van der Waals surface area contributed by atoms with Gasteiger partial charge in [0.05, 0.1) is 12.5 Å². The van der Waals surface area contributed by atoms with E-state index in [4.69, 9.17) is 0 Å². The number of amides is 2. The van der Waals surface area contributed by atoms with Crippen LogP contribution in [0.4, 0.5) is 0 Å². The van der Waals surface area contributed by atoms with E-state index in [1.54, 1.807) is 21.0 Å². The van der Waals surface area contributed by atoms with E-state index in [1.165, 1.54) is 9.80 Å². The molecular weight excluding hydrogens is 184 g/mol. The van der Waals surface area contributed by atoms with Crippen molar-refractivity contribution in [2.45, 2.75) is 25.5 Å². The van der Waals surface area contributed by atoms with Gasteiger partial charge in [0.15, 0.2) is 0 Å². The van der Waals surface area contributed by atoms with Gasteiger partial charge in [-0.15, -0.1) is 0 Å². The summed E-state index contributed by atoms with van der Waals surface area (Å²) >= 11 is 0. The Morgan fingerprint density at radius 3 is 2.57 bits per heavy atom. The molecule has 5 nitrogen and oxygen atoms in total. The molecule has 0 aromatic carbocycles. The summed E-state index contributed by atoms with van der Waals surface area (Å²) in [6, 6.07) is -0.477. The zero-order chi connectivity index (χ0) is 10.9. The third-order valence-electron chi connectivity index (χ3n) is 2.40. The minimum atomic E-state index is -0.625. The van der Waals surface area contributed by atoms with Gasteiger partial charge in [-0.3, -0.25) is 9.59 Å². The van der Waals surface area contributed by atoms with Crippen molar-refractivity contribution in [3.8, 4) is 0 Å². The lowest BCUT2D eigenvalue weighted by atomic mass is 10.2. The van der Waals surface area contributed by atoms with Gasteiger partial charge in [-0.25, -0.2) is 0 Å². The number of likely N-dealkylation sites (tertiary alicyclic amines) is 1. The second kappa shape index (κ2) is 3.96. The third kappa shape index (κ3) is 2.04. The van der Waals surface area contributed by atoms with Crippen molar-refractivity contribution in [1.82, 2.24) is 9.80 Å². The first-order chi connectivity index (χ1) is 6.43. The maximum absolute atomic E-state index is 11.5. The van der Waals surface area contributed by atoms with E-state index in [1.807, 2.05) is 0 Å². The van der Waals surface area contributed by atoms with Gasteiger partial charge in [0.25, 0.3) is 0 Å². The van der Waals surface area contributed by atoms with Gasteiger partial charge in [0.1, 0.15) is 6.04 Å². The van der Waals surface area contributed by atoms with Gasteiger partial charge >= 0.3 is 0 Å². The Kier molecular flexibility index (Phi) is 3.10. The minimum absolute atomic E-state index is 0.118. The molecule has 0 aromatic heterocycles. The molecule has 2 unspecified atom stereocenters. The monoisotopic (exact) mass is 200 g/mol. The lowest BCUT2D eigenvalue weighted by Crippen LogP contribution is -2.45. The van der Waals surface area contributed by atoms with Crippen molar-refractivity contribution < 1.29 is 14.7 Å². The summed E-state index contributed by atoms with van der Waals surface area (Å²) in [5.74, 6) is -0.271. The summed E-state index contributed by atoms with van der Waals surface area (Å²) in [7, 11) is 3.30. The highest BCUT2D eigenvalue weighted by Gasteiger charge is 2.34. The molecule has 2 amide bonds. The number of carbonyl (C=O) groups is 2. The van der Waals surface area contributed by atoms with Gasteiger partial charge < -0.3 is 14.9 Å². The molecule has 80 valence electrons. The third-order valence-corrected chi connectivity index (χ3v) is 2.40. The number of hydrogen-bond donors (Lipinski definition) is 1. The van der Waals surface area contributed by atoms with Gasteiger partial charge in [-0.05, 0) is 6.92 Å². The van der Waals surface area contributed by atoms with Crippen molar-refractivity contribution in [1.29, 1.82) is 0 Å². The molecule has 0 aromatic rings. The van der Waals surface area contributed by atoms with Crippen LogP contribution >= 0.6 is 0 Å². The molecule has 1 saturated heterocycles. The van der Waals surface area contributed by atoms with Crippen LogP contribution in [0.2, 0.25) is 0 Å². The number of β-amino-alcohol motifs (C(OH)–C–C–N with tert-alkyl or cyclic N) is 1. The van der Waals surface area contributed by atoms with E-state index in [2.05, 4.69) is 0 Å². The Bertz CT molecular complexity index is 252. The molecule has 1 N–H and O–H groups in total. The average molecular weight is 200 g/mol. The number of nitrogens with zero attached hydrogens (tertiary/aromatic N) is 2. The number of carbonyl (C=O) groups excluding carboxylic acids is 2. The molecule has 1 aliphatic rings. The fraction of sp³-hybridized carbons (Fsp3) is 0.778. The smallest absolute Gasteiger partial charge is 0.244 e. The van der Waals surface area contributed by atoms with Crippen molar-refractivity contribution in [2.75, 3.05) is 20.6 Å². The summed E-state index contributed by atoms with van der Waals surface area (Å²) in [6.07, 6.45) is -0.495. The molecule has 1 fully saturated rings. The molecule has 0 aliphatic carbocycles. The van der Waals surface area contributed by atoms with Crippen molar-refractivity contribution >= 4 is 11.8 Å². The SMILES string of the molecule is CC(C(=O)N(C)C)N1CC(O)CC1=O. The van der Waals surface area contributed by atoms with Crippen LogP contribution in [0.25, 0.3) is 0 Å². The van der Waals surface area contributed by atoms with E-state index >= 15 is 0 Å². The number of aliphatic hydroxyl groups excluding tert-OH is 1. The van der Waals surface area contributed by atoms with E-state index in [-0.39, 0.29) is 24.8 Å². The van der Waals surface area contributed by atoms with Crippen LogP contribution in [0.1, 0.15) is 13.3 Å². The van der Waals surface area contributed by atoms with E-state index < -0.39 is 12.1 Å². The summed E-state index contributed by atoms with van der Waals surface area (Å²) in [5.41, 5.74) is 0. The largest absolute Gasteiger partial charge is 0.391 e. The fourth-order valence-corrected chi connectivity index (χ4v) is 1.59. The molecule has 0 bridgehead atoms. The molecule has 0 spiro atoms. The predicted octanol–water partition coefficient (Wildman–Crippen LogP) is -0.944. The molecule has 1 aliphatic heterocycles. The highest BCUT2D eigenvalue weighted by molar-refractivity contribution is 5.88. The molecular formula is C9H16N2O3. The zero-order valence-electron chi connectivity index (χ0n) is 8.73. The quantitative estimate of drug-likeness (QED) is 0.625. The van der Waals surface area contributed by atoms with Crippen LogP contribution < -0.4 is 0 Å². The summed E-state index contributed by atoms with van der Waals surface area (Å²) in [4.78, 5) is 25.8. The number of rotatable bonds is 2. The Morgan fingerprint density at radius 1 is 1.64 bits per heavy atom. The van der Waals surface area contributed by atoms with Crippen LogP contribution in [-0.2, 0) is 9.59 Å². The lowest BCUT2D eigenvalue weighted by Gasteiger charge is -2.25.